The number of halogens is 1. The van der Waals surface area contributed by atoms with E-state index in [0.717, 1.165) is 26.5 Å². The summed E-state index contributed by atoms with van der Waals surface area (Å²) in [5.41, 5.74) is 1.67. The Bertz CT molecular complexity index is 933. The molecule has 0 unspecified atom stereocenters. The second-order valence-corrected chi connectivity index (χ2v) is 7.04. The van der Waals surface area contributed by atoms with E-state index in [1.54, 1.807) is 7.05 Å². The van der Waals surface area contributed by atoms with Gasteiger partial charge in [0.25, 0.3) is 0 Å². The number of fused-ring (bicyclic) bond motifs is 1. The van der Waals surface area contributed by atoms with Crippen molar-refractivity contribution in [2.45, 2.75) is 6.42 Å². The van der Waals surface area contributed by atoms with E-state index in [1.165, 1.54) is 4.90 Å². The minimum Gasteiger partial charge on any atom is -0.336 e. The van der Waals surface area contributed by atoms with Crippen LogP contribution >= 0.6 is 15.9 Å². The molecule has 0 atom stereocenters. The van der Waals surface area contributed by atoms with Gasteiger partial charge in [-0.3, -0.25) is 9.59 Å². The third kappa shape index (κ3) is 4.49. The number of hydrogen-bond donors (Lipinski definition) is 1. The highest BCUT2D eigenvalue weighted by Gasteiger charge is 2.14. The molecule has 0 fully saturated rings. The zero-order valence-electron chi connectivity index (χ0n) is 14.4. The average Bonchev–Trinajstić information content (AvgIpc) is 2.64. The van der Waals surface area contributed by atoms with E-state index in [9.17, 15) is 9.59 Å². The molecule has 0 aliphatic rings. The van der Waals surface area contributed by atoms with Crippen molar-refractivity contribution < 1.29 is 9.59 Å². The van der Waals surface area contributed by atoms with E-state index in [1.807, 2.05) is 66.7 Å². The van der Waals surface area contributed by atoms with E-state index in [-0.39, 0.29) is 24.8 Å². The van der Waals surface area contributed by atoms with Crippen molar-refractivity contribution in [2.75, 3.05) is 18.9 Å². The van der Waals surface area contributed by atoms with Gasteiger partial charge >= 0.3 is 0 Å². The van der Waals surface area contributed by atoms with Gasteiger partial charge in [0.2, 0.25) is 11.8 Å². The van der Waals surface area contributed by atoms with Crippen molar-refractivity contribution in [3.63, 3.8) is 0 Å². The Hall–Kier alpha value is -2.66. The number of rotatable bonds is 5. The number of anilines is 1. The normalized spacial score (nSPS) is 10.5. The van der Waals surface area contributed by atoms with Crippen molar-refractivity contribution in [3.05, 3.63) is 76.8 Å². The number of hydrogen-bond acceptors (Lipinski definition) is 2. The summed E-state index contributed by atoms with van der Waals surface area (Å²) in [7, 11) is 1.64. The number of benzene rings is 3. The van der Waals surface area contributed by atoms with Crippen LogP contribution in [0.4, 0.5) is 5.69 Å². The van der Waals surface area contributed by atoms with Crippen molar-refractivity contribution in [1.82, 2.24) is 4.90 Å². The van der Waals surface area contributed by atoms with Crippen LogP contribution in [0, 0.1) is 0 Å². The Morgan fingerprint density at radius 1 is 0.962 bits per heavy atom. The van der Waals surface area contributed by atoms with Crippen molar-refractivity contribution in [2.24, 2.45) is 0 Å². The first-order valence-electron chi connectivity index (χ1n) is 8.29. The molecule has 3 rings (SSSR count). The van der Waals surface area contributed by atoms with Crippen molar-refractivity contribution in [1.29, 1.82) is 0 Å². The maximum Gasteiger partial charge on any atom is 0.244 e. The Balaban J connectivity index is 1.61. The molecule has 4 nitrogen and oxygen atoms in total. The quantitative estimate of drug-likeness (QED) is 0.683. The van der Waals surface area contributed by atoms with Crippen LogP contribution in [-0.2, 0) is 16.0 Å². The number of nitrogens with zero attached hydrogens (tertiary/aromatic N) is 1. The fraction of sp³-hybridized carbons (Fsp3) is 0.143. The van der Waals surface area contributed by atoms with E-state index >= 15 is 0 Å². The van der Waals surface area contributed by atoms with Gasteiger partial charge in [0.1, 0.15) is 0 Å². The molecule has 26 heavy (non-hydrogen) atoms. The lowest BCUT2D eigenvalue weighted by Gasteiger charge is -2.17. The molecule has 0 aliphatic heterocycles. The Labute approximate surface area is 160 Å². The maximum atomic E-state index is 12.4. The lowest BCUT2D eigenvalue weighted by molar-refractivity contribution is -0.132. The fourth-order valence-electron chi connectivity index (χ4n) is 2.74. The molecule has 0 aromatic heterocycles. The van der Waals surface area contributed by atoms with Gasteiger partial charge in [-0.05, 0) is 29.1 Å². The summed E-state index contributed by atoms with van der Waals surface area (Å²) in [6.07, 6.45) is 0.269. The Kier molecular flexibility index (Phi) is 5.68. The number of amides is 2. The summed E-state index contributed by atoms with van der Waals surface area (Å²) in [6, 6.07) is 21.2. The molecular weight excluding hydrogens is 392 g/mol. The summed E-state index contributed by atoms with van der Waals surface area (Å²) >= 11 is 3.37. The van der Waals surface area contributed by atoms with Crippen molar-refractivity contribution >= 4 is 44.2 Å². The predicted octanol–water partition coefficient (Wildman–Crippen LogP) is 4.24. The highest BCUT2D eigenvalue weighted by molar-refractivity contribution is 9.10. The maximum absolute atomic E-state index is 12.4. The van der Waals surface area contributed by atoms with Crippen LogP contribution in [-0.4, -0.2) is 30.3 Å². The predicted molar refractivity (Wildman–Crippen MR) is 108 cm³/mol. The van der Waals surface area contributed by atoms with Gasteiger partial charge in [-0.1, -0.05) is 64.5 Å². The van der Waals surface area contributed by atoms with Crippen LogP contribution in [0.2, 0.25) is 0 Å². The number of likely N-dealkylation sites (N-methyl/N-ethyl adjacent to an activating group) is 1. The lowest BCUT2D eigenvalue weighted by Crippen LogP contribution is -2.35. The Morgan fingerprint density at radius 2 is 1.65 bits per heavy atom. The minimum absolute atomic E-state index is 0.0125. The second kappa shape index (κ2) is 8.15. The number of carbonyl (C=O) groups excluding carboxylic acids is 2. The van der Waals surface area contributed by atoms with Gasteiger partial charge in [0.15, 0.2) is 0 Å². The van der Waals surface area contributed by atoms with Gasteiger partial charge in [0, 0.05) is 22.6 Å². The minimum atomic E-state index is -0.215. The molecule has 0 radical (unpaired) electrons. The number of carbonyl (C=O) groups is 2. The lowest BCUT2D eigenvalue weighted by atomic mass is 10.1. The summed E-state index contributed by atoms with van der Waals surface area (Å²) in [4.78, 5) is 26.1. The topological polar surface area (TPSA) is 49.4 Å². The standard InChI is InChI=1S/C21H19BrN2O2/c1-24(21(26)13-15-9-11-17(22)12-10-15)14-20(25)23-19-8-4-6-16-5-2-3-7-18(16)19/h2-12H,13-14H2,1H3,(H,23,25). The first kappa shape index (κ1) is 18.1. The van der Waals surface area contributed by atoms with Crippen LogP contribution in [0.1, 0.15) is 5.56 Å². The molecule has 0 spiro atoms. The summed E-state index contributed by atoms with van der Waals surface area (Å²) in [5, 5.41) is 4.94. The zero-order valence-corrected chi connectivity index (χ0v) is 16.0. The molecule has 2 amide bonds. The van der Waals surface area contributed by atoms with Crippen LogP contribution in [0.5, 0.6) is 0 Å². The van der Waals surface area contributed by atoms with E-state index in [0.29, 0.717) is 0 Å². The van der Waals surface area contributed by atoms with Crippen LogP contribution in [0.3, 0.4) is 0 Å². The molecule has 3 aromatic rings. The summed E-state index contributed by atoms with van der Waals surface area (Å²) < 4.78 is 0.969. The molecule has 5 heteroatoms. The second-order valence-electron chi connectivity index (χ2n) is 6.13. The first-order chi connectivity index (χ1) is 12.5. The smallest absolute Gasteiger partial charge is 0.244 e. The van der Waals surface area contributed by atoms with Crippen LogP contribution in [0.25, 0.3) is 10.8 Å². The van der Waals surface area contributed by atoms with Gasteiger partial charge in [0.05, 0.1) is 13.0 Å². The fourth-order valence-corrected chi connectivity index (χ4v) is 3.00. The zero-order chi connectivity index (χ0) is 18.5. The molecule has 3 aromatic carbocycles. The molecule has 1 N–H and O–H groups in total. The van der Waals surface area contributed by atoms with E-state index < -0.39 is 0 Å². The monoisotopic (exact) mass is 410 g/mol. The van der Waals surface area contributed by atoms with Gasteiger partial charge in [-0.2, -0.15) is 0 Å². The number of nitrogens with one attached hydrogen (secondary N) is 1. The van der Waals surface area contributed by atoms with Crippen LogP contribution in [0.15, 0.2) is 71.2 Å². The summed E-state index contributed by atoms with van der Waals surface area (Å²) in [6.45, 7) is 0.0125. The third-order valence-corrected chi connectivity index (χ3v) is 4.67. The summed E-state index contributed by atoms with van der Waals surface area (Å²) in [5.74, 6) is -0.312. The third-order valence-electron chi connectivity index (χ3n) is 4.14. The van der Waals surface area contributed by atoms with Gasteiger partial charge in [-0.25, -0.2) is 0 Å². The van der Waals surface area contributed by atoms with E-state index in [2.05, 4.69) is 21.2 Å². The molecule has 132 valence electrons. The first-order valence-corrected chi connectivity index (χ1v) is 9.08. The Morgan fingerprint density at radius 3 is 2.42 bits per heavy atom. The largest absolute Gasteiger partial charge is 0.336 e. The van der Waals surface area contributed by atoms with Crippen LogP contribution < -0.4 is 5.32 Å². The molecular formula is C21H19BrN2O2. The average molecular weight is 411 g/mol. The molecule has 0 heterocycles. The van der Waals surface area contributed by atoms with E-state index in [4.69, 9.17) is 0 Å². The molecule has 0 saturated heterocycles. The van der Waals surface area contributed by atoms with Crippen molar-refractivity contribution in [3.8, 4) is 0 Å². The molecule has 0 aliphatic carbocycles. The van der Waals surface area contributed by atoms with Gasteiger partial charge in [-0.15, -0.1) is 0 Å². The highest BCUT2D eigenvalue weighted by atomic mass is 79.9. The highest BCUT2D eigenvalue weighted by Crippen LogP contribution is 2.22. The SMILES string of the molecule is CN(CC(=O)Nc1cccc2ccccc12)C(=O)Cc1ccc(Br)cc1. The molecule has 0 bridgehead atoms. The molecule has 0 saturated carbocycles. The van der Waals surface area contributed by atoms with Gasteiger partial charge < -0.3 is 10.2 Å².